The first kappa shape index (κ1) is 33.0. The van der Waals surface area contributed by atoms with Crippen molar-refractivity contribution in [1.29, 1.82) is 10.5 Å². The number of carbonyl (C=O) groups is 2. The summed E-state index contributed by atoms with van der Waals surface area (Å²) >= 11 is 1.10. The molecule has 0 unspecified atom stereocenters. The number of nitrogens with two attached hydrogens (primary N) is 1. The Kier molecular flexibility index (Phi) is 9.84. The molecule has 50 heavy (non-hydrogen) atoms. The number of aromatic nitrogens is 1. The quantitative estimate of drug-likeness (QED) is 0.199. The van der Waals surface area contributed by atoms with Crippen LogP contribution in [-0.4, -0.2) is 29.6 Å². The van der Waals surface area contributed by atoms with Crippen molar-refractivity contribution in [2.24, 2.45) is 5.73 Å². The van der Waals surface area contributed by atoms with Crippen molar-refractivity contribution in [3.05, 3.63) is 145 Å². The number of benzene rings is 4. The van der Waals surface area contributed by atoms with Crippen LogP contribution in [0.3, 0.4) is 0 Å². The van der Waals surface area contributed by atoms with Gasteiger partial charge < -0.3 is 25.8 Å². The summed E-state index contributed by atoms with van der Waals surface area (Å²) in [5, 5.41) is 25.9. The zero-order valence-corrected chi connectivity index (χ0v) is 27.1. The van der Waals surface area contributed by atoms with E-state index in [0.717, 1.165) is 11.3 Å². The lowest BCUT2D eigenvalue weighted by molar-refractivity contribution is -0.118. The number of rotatable bonds is 10. The molecule has 4 aromatic carbocycles. The average Bonchev–Trinajstić information content (AvgIpc) is 3.46. The highest BCUT2D eigenvalue weighted by Gasteiger charge is 2.32. The minimum atomic E-state index is -0.818. The second kappa shape index (κ2) is 14.9. The summed E-state index contributed by atoms with van der Waals surface area (Å²) < 4.78 is 13.1. The van der Waals surface area contributed by atoms with Crippen LogP contribution in [0, 0.1) is 22.7 Å². The molecule has 0 saturated heterocycles. The van der Waals surface area contributed by atoms with Gasteiger partial charge in [-0.15, -0.1) is 11.3 Å². The van der Waals surface area contributed by atoms with Crippen LogP contribution in [0.5, 0.6) is 11.5 Å². The Balaban J connectivity index is 1.20. The van der Waals surface area contributed by atoms with Crippen LogP contribution in [0.15, 0.2) is 120 Å². The van der Waals surface area contributed by atoms with E-state index in [4.69, 9.17) is 15.2 Å². The fourth-order valence-electron chi connectivity index (χ4n) is 5.29. The number of anilines is 2. The van der Waals surface area contributed by atoms with Gasteiger partial charge in [-0.3, -0.25) is 19.0 Å². The minimum absolute atomic E-state index is 0.0529. The summed E-state index contributed by atoms with van der Waals surface area (Å²) in [6.45, 7) is -0.397. The smallest absolute Gasteiger partial charge is 0.274 e. The van der Waals surface area contributed by atoms with E-state index in [2.05, 4.69) is 22.8 Å². The van der Waals surface area contributed by atoms with E-state index in [1.54, 1.807) is 78.9 Å². The number of allylic oxidation sites excluding steroid dienone is 1. The number of nitriles is 2. The van der Waals surface area contributed by atoms with Crippen LogP contribution in [0.25, 0.3) is 17.5 Å². The van der Waals surface area contributed by atoms with Gasteiger partial charge in [0.1, 0.15) is 22.0 Å². The number of thiazole rings is 1. The van der Waals surface area contributed by atoms with Gasteiger partial charge in [0, 0.05) is 11.4 Å². The maximum atomic E-state index is 13.6. The third-order valence-corrected chi connectivity index (χ3v) is 8.74. The Morgan fingerprint density at radius 3 is 1.76 bits per heavy atom. The molecule has 1 aliphatic heterocycles. The van der Waals surface area contributed by atoms with Crippen LogP contribution in [0.1, 0.15) is 17.0 Å². The van der Waals surface area contributed by atoms with Crippen LogP contribution in [0.4, 0.5) is 11.4 Å². The van der Waals surface area contributed by atoms with E-state index in [-0.39, 0.29) is 42.0 Å². The van der Waals surface area contributed by atoms with E-state index in [9.17, 15) is 24.9 Å². The first-order chi connectivity index (χ1) is 24.3. The van der Waals surface area contributed by atoms with Gasteiger partial charge in [-0.25, -0.2) is 0 Å². The molecule has 1 aromatic heterocycles. The lowest BCUT2D eigenvalue weighted by atomic mass is 9.84. The zero-order valence-electron chi connectivity index (χ0n) is 26.3. The van der Waals surface area contributed by atoms with Crippen LogP contribution < -0.4 is 40.6 Å². The molecule has 12 heteroatoms. The van der Waals surface area contributed by atoms with Crippen LogP contribution in [0.2, 0.25) is 0 Å². The van der Waals surface area contributed by atoms with Crippen molar-refractivity contribution in [3.8, 4) is 23.6 Å². The van der Waals surface area contributed by atoms with Gasteiger partial charge in [0.2, 0.25) is 0 Å². The number of fused-ring (bicyclic) bond motifs is 1. The molecule has 0 radical (unpaired) electrons. The Morgan fingerprint density at radius 2 is 1.26 bits per heavy atom. The molecule has 0 saturated carbocycles. The molecule has 1 atom stereocenters. The first-order valence-electron chi connectivity index (χ1n) is 15.3. The lowest BCUT2D eigenvalue weighted by Gasteiger charge is -2.22. The molecule has 0 bridgehead atoms. The Morgan fingerprint density at radius 1 is 0.760 bits per heavy atom. The van der Waals surface area contributed by atoms with E-state index in [1.807, 2.05) is 36.4 Å². The highest BCUT2D eigenvalue weighted by Crippen LogP contribution is 2.36. The molecular weight excluding hydrogens is 653 g/mol. The van der Waals surface area contributed by atoms with Gasteiger partial charge in [-0.1, -0.05) is 60.7 Å². The molecule has 4 N–H and O–H groups in total. The van der Waals surface area contributed by atoms with E-state index < -0.39 is 11.5 Å². The molecule has 0 fully saturated rings. The monoisotopic (exact) mass is 680 g/mol. The molecule has 1 aliphatic rings. The van der Waals surface area contributed by atoms with Crippen molar-refractivity contribution >= 4 is 52.0 Å². The number of hydrogen-bond donors (Lipinski definition) is 3. The lowest BCUT2D eigenvalue weighted by Crippen LogP contribution is -2.38. The van der Waals surface area contributed by atoms with Gasteiger partial charge >= 0.3 is 0 Å². The summed E-state index contributed by atoms with van der Waals surface area (Å²) in [6.07, 6.45) is 1.66. The fraction of sp³-hybridized carbons (Fsp3) is 0.0789. The van der Waals surface area contributed by atoms with E-state index in [0.29, 0.717) is 43.2 Å². The third kappa shape index (κ3) is 7.31. The molecule has 0 spiro atoms. The highest BCUT2D eigenvalue weighted by atomic mass is 32.1. The normalized spacial score (nSPS) is 13.8. The molecule has 2 heterocycles. The van der Waals surface area contributed by atoms with Gasteiger partial charge in [0.25, 0.3) is 17.4 Å². The minimum Gasteiger partial charge on any atom is -0.484 e. The molecule has 0 aliphatic carbocycles. The fourth-order valence-corrected chi connectivity index (χ4v) is 6.42. The van der Waals surface area contributed by atoms with Crippen molar-refractivity contribution in [2.75, 3.05) is 23.8 Å². The Labute approximate surface area is 290 Å². The number of carbonyl (C=O) groups excluding carboxylic acids is 2. The summed E-state index contributed by atoms with van der Waals surface area (Å²) in [4.78, 5) is 38.1. The van der Waals surface area contributed by atoms with Crippen molar-refractivity contribution in [1.82, 2.24) is 4.57 Å². The van der Waals surface area contributed by atoms with Crippen molar-refractivity contribution in [2.45, 2.75) is 5.92 Å². The third-order valence-electron chi connectivity index (χ3n) is 7.64. The maximum Gasteiger partial charge on any atom is 0.274 e. The van der Waals surface area contributed by atoms with Crippen LogP contribution in [-0.2, 0) is 9.59 Å². The Hall–Kier alpha value is -6.89. The Bertz CT molecular complexity index is 2350. The van der Waals surface area contributed by atoms with E-state index >= 15 is 0 Å². The van der Waals surface area contributed by atoms with Gasteiger partial charge in [0.15, 0.2) is 13.2 Å². The molecule has 5 aromatic rings. The van der Waals surface area contributed by atoms with Crippen molar-refractivity contribution < 1.29 is 19.1 Å². The predicted octanol–water partition coefficient (Wildman–Crippen LogP) is 3.90. The number of nitrogens with zero attached hydrogens (tertiary/aromatic N) is 3. The average molecular weight is 681 g/mol. The number of ether oxygens (including phenoxy) is 2. The maximum absolute atomic E-state index is 13.6. The second-order valence-corrected chi connectivity index (χ2v) is 12.0. The summed E-state index contributed by atoms with van der Waals surface area (Å²) in [5.41, 5.74) is 8.81. The molecule has 6 rings (SSSR count). The molecule has 11 nitrogen and oxygen atoms in total. The van der Waals surface area contributed by atoms with Crippen molar-refractivity contribution in [3.63, 3.8) is 0 Å². The zero-order chi connectivity index (χ0) is 35.0. The van der Waals surface area contributed by atoms with Gasteiger partial charge in [-0.05, 0) is 65.7 Å². The summed E-state index contributed by atoms with van der Waals surface area (Å²) in [5.74, 6) is -0.621. The summed E-state index contributed by atoms with van der Waals surface area (Å²) in [7, 11) is 0. The summed E-state index contributed by atoms with van der Waals surface area (Å²) in [6, 6.07) is 35.9. The van der Waals surface area contributed by atoms with E-state index in [1.165, 1.54) is 4.57 Å². The van der Waals surface area contributed by atoms with Gasteiger partial charge in [0.05, 0.1) is 33.7 Å². The number of hydrogen-bond acceptors (Lipinski definition) is 9. The SMILES string of the molecule is N#CC1=C(N)n2c(sc(=Cc3ccc(OCC(=O)Nc4ccccc4)cc3)c2=O)=C(C#N)[C@@H]1c1ccc(OCC(=O)Nc2ccccc2)cc1. The molecule has 246 valence electrons. The number of para-hydroxylation sites is 2. The first-order valence-corrected chi connectivity index (χ1v) is 16.1. The standard InChI is InChI=1S/C38H28N6O5S/c39-20-30-35(25-13-17-29(18-14-25)49-23-34(46)43-27-9-5-2-6-10-27)31(21-40)38-44(36(30)41)37(47)32(50-38)19-24-11-15-28(16-12-24)48-22-33(45)42-26-7-3-1-4-8-26/h1-19,35H,22-23,41H2,(H,42,45)(H,43,46)/t35-/m1/s1. The number of amides is 2. The topological polar surface area (TPSA) is 172 Å². The van der Waals surface area contributed by atoms with Crippen LogP contribution >= 0.6 is 11.3 Å². The molecule has 2 amide bonds. The predicted molar refractivity (Wildman–Crippen MR) is 190 cm³/mol. The second-order valence-electron chi connectivity index (χ2n) is 11.0. The molecular formula is C38H28N6O5S. The number of nitrogens with one attached hydrogen (secondary N) is 2. The van der Waals surface area contributed by atoms with Gasteiger partial charge in [-0.2, -0.15) is 10.5 Å². The largest absolute Gasteiger partial charge is 0.484 e. The highest BCUT2D eigenvalue weighted by molar-refractivity contribution is 7.07.